The third-order valence-corrected chi connectivity index (χ3v) is 6.08. The van der Waals surface area contributed by atoms with Gasteiger partial charge >= 0.3 is 0 Å². The Morgan fingerprint density at radius 3 is 1.89 bits per heavy atom. The lowest BCUT2D eigenvalue weighted by molar-refractivity contribution is -0.104. The van der Waals surface area contributed by atoms with Crippen molar-refractivity contribution in [3.63, 3.8) is 0 Å². The van der Waals surface area contributed by atoms with Crippen LogP contribution in [0.5, 0.6) is 0 Å². The van der Waals surface area contributed by atoms with E-state index < -0.39 is 0 Å². The first-order valence-corrected chi connectivity index (χ1v) is 11.1. The average molecular weight is 383 g/mol. The quantitative estimate of drug-likeness (QED) is 0.583. The van der Waals surface area contributed by atoms with Crippen LogP contribution in [0.15, 0.2) is 0 Å². The van der Waals surface area contributed by atoms with Crippen LogP contribution in [0.25, 0.3) is 0 Å². The third-order valence-electron chi connectivity index (χ3n) is 6.08. The average Bonchev–Trinajstić information content (AvgIpc) is 3.02. The summed E-state index contributed by atoms with van der Waals surface area (Å²) in [4.78, 5) is 5.34. The van der Waals surface area contributed by atoms with Crippen molar-refractivity contribution in [1.29, 1.82) is 0 Å². The lowest BCUT2D eigenvalue weighted by Gasteiger charge is -2.50. The zero-order chi connectivity index (χ0) is 20.3. The van der Waals surface area contributed by atoms with E-state index in [-0.39, 0.29) is 16.7 Å². The van der Waals surface area contributed by atoms with Crippen LogP contribution in [0, 0.1) is 5.41 Å². The molecule has 2 heterocycles. The monoisotopic (exact) mass is 382 g/mol. The maximum absolute atomic E-state index is 6.07. The SMILES string of the molecule is CC1(COC(C)(C)C)CN(CCC(C)(CCOC(C)(C)C)N2CCCC2)C1. The second kappa shape index (κ2) is 8.69. The van der Waals surface area contributed by atoms with E-state index in [1.165, 1.54) is 38.9 Å². The molecule has 0 saturated carbocycles. The van der Waals surface area contributed by atoms with Gasteiger partial charge in [-0.25, -0.2) is 0 Å². The van der Waals surface area contributed by atoms with Gasteiger partial charge in [-0.3, -0.25) is 4.90 Å². The van der Waals surface area contributed by atoms with Gasteiger partial charge in [0.15, 0.2) is 0 Å². The molecule has 1 atom stereocenters. The minimum Gasteiger partial charge on any atom is -0.376 e. The Hall–Kier alpha value is -0.160. The fourth-order valence-electron chi connectivity index (χ4n) is 4.35. The molecule has 2 saturated heterocycles. The highest BCUT2D eigenvalue weighted by atomic mass is 16.5. The summed E-state index contributed by atoms with van der Waals surface area (Å²) in [6.45, 7) is 25.5. The molecule has 2 fully saturated rings. The van der Waals surface area contributed by atoms with E-state index >= 15 is 0 Å². The first kappa shape index (κ1) is 23.1. The maximum atomic E-state index is 6.07. The summed E-state index contributed by atoms with van der Waals surface area (Å²) in [5.74, 6) is 0. The Labute approximate surface area is 169 Å². The topological polar surface area (TPSA) is 24.9 Å². The van der Waals surface area contributed by atoms with Crippen molar-refractivity contribution in [3.05, 3.63) is 0 Å². The first-order chi connectivity index (χ1) is 12.3. The van der Waals surface area contributed by atoms with Crippen LogP contribution in [0.3, 0.4) is 0 Å². The molecule has 4 nitrogen and oxygen atoms in total. The van der Waals surface area contributed by atoms with Crippen LogP contribution < -0.4 is 0 Å². The zero-order valence-corrected chi connectivity index (χ0v) is 19.5. The smallest absolute Gasteiger partial charge is 0.0598 e. The van der Waals surface area contributed by atoms with Gasteiger partial charge in [0.2, 0.25) is 0 Å². The van der Waals surface area contributed by atoms with Gasteiger partial charge in [0.05, 0.1) is 17.8 Å². The number of nitrogens with zero attached hydrogens (tertiary/aromatic N) is 2. The highest BCUT2D eigenvalue weighted by Gasteiger charge is 2.41. The summed E-state index contributed by atoms with van der Waals surface area (Å²) >= 11 is 0. The van der Waals surface area contributed by atoms with Crippen LogP contribution in [0.4, 0.5) is 0 Å². The highest BCUT2D eigenvalue weighted by Crippen LogP contribution is 2.34. The number of hydrogen-bond donors (Lipinski definition) is 0. The lowest BCUT2D eigenvalue weighted by Crippen LogP contribution is -2.59. The molecule has 27 heavy (non-hydrogen) atoms. The Morgan fingerprint density at radius 2 is 1.37 bits per heavy atom. The van der Waals surface area contributed by atoms with Gasteiger partial charge in [0, 0.05) is 30.7 Å². The summed E-state index contributed by atoms with van der Waals surface area (Å²) in [7, 11) is 0. The van der Waals surface area contributed by atoms with Crippen LogP contribution in [-0.2, 0) is 9.47 Å². The van der Waals surface area contributed by atoms with Crippen molar-refractivity contribution in [2.75, 3.05) is 45.9 Å². The van der Waals surface area contributed by atoms with Crippen LogP contribution >= 0.6 is 0 Å². The molecule has 4 heteroatoms. The van der Waals surface area contributed by atoms with Crippen molar-refractivity contribution in [3.8, 4) is 0 Å². The molecule has 0 bridgehead atoms. The van der Waals surface area contributed by atoms with Gasteiger partial charge < -0.3 is 14.4 Å². The van der Waals surface area contributed by atoms with Crippen LogP contribution in [0.1, 0.15) is 81.1 Å². The van der Waals surface area contributed by atoms with Crippen molar-refractivity contribution < 1.29 is 9.47 Å². The summed E-state index contributed by atoms with van der Waals surface area (Å²) in [6, 6.07) is 0. The van der Waals surface area contributed by atoms with Gasteiger partial charge in [-0.2, -0.15) is 0 Å². The van der Waals surface area contributed by atoms with Gasteiger partial charge in [-0.1, -0.05) is 6.92 Å². The number of rotatable bonds is 9. The van der Waals surface area contributed by atoms with Gasteiger partial charge in [-0.05, 0) is 93.8 Å². The normalized spacial score (nSPS) is 24.0. The number of ether oxygens (including phenoxy) is 2. The molecule has 1 unspecified atom stereocenters. The Bertz CT molecular complexity index is 454. The molecule has 2 rings (SSSR count). The maximum Gasteiger partial charge on any atom is 0.0598 e. The van der Waals surface area contributed by atoms with Crippen LogP contribution in [0.2, 0.25) is 0 Å². The molecule has 2 aliphatic rings. The van der Waals surface area contributed by atoms with Gasteiger partial charge in [0.1, 0.15) is 0 Å². The minimum absolute atomic E-state index is 0.0369. The highest BCUT2D eigenvalue weighted by molar-refractivity contribution is 4.95. The molecule has 0 aliphatic carbocycles. The molecular formula is C23H46N2O2. The first-order valence-electron chi connectivity index (χ1n) is 11.1. The molecular weight excluding hydrogens is 336 g/mol. The van der Waals surface area contributed by atoms with Crippen LogP contribution in [-0.4, -0.2) is 72.5 Å². The largest absolute Gasteiger partial charge is 0.376 e. The molecule has 0 N–H and O–H groups in total. The fourth-order valence-corrected chi connectivity index (χ4v) is 4.35. The Kier molecular flexibility index (Phi) is 7.44. The van der Waals surface area contributed by atoms with E-state index in [2.05, 4.69) is 65.2 Å². The van der Waals surface area contributed by atoms with Gasteiger partial charge in [-0.15, -0.1) is 0 Å². The standard InChI is InChI=1S/C23H46N2O2/c1-20(2,3)26-16-12-23(8,25-13-9-10-14-25)11-15-24-17-22(7,18-24)19-27-21(4,5)6/h9-19H2,1-8H3. The second-order valence-electron chi connectivity index (χ2n) is 11.6. The predicted octanol–water partition coefficient (Wildman–Crippen LogP) is 4.57. The van der Waals surface area contributed by atoms with E-state index in [1.54, 1.807) is 0 Å². The molecule has 2 aliphatic heterocycles. The van der Waals surface area contributed by atoms with Gasteiger partial charge in [0.25, 0.3) is 0 Å². The summed E-state index contributed by atoms with van der Waals surface area (Å²) < 4.78 is 12.1. The number of hydrogen-bond acceptors (Lipinski definition) is 4. The molecule has 0 spiro atoms. The van der Waals surface area contributed by atoms with E-state index in [1.807, 2.05) is 0 Å². The fraction of sp³-hybridized carbons (Fsp3) is 1.00. The molecule has 0 aromatic carbocycles. The van der Waals surface area contributed by atoms with E-state index in [4.69, 9.17) is 9.47 Å². The number of likely N-dealkylation sites (tertiary alicyclic amines) is 2. The molecule has 0 aromatic heterocycles. The zero-order valence-electron chi connectivity index (χ0n) is 19.5. The van der Waals surface area contributed by atoms with E-state index in [0.29, 0.717) is 5.41 Å². The lowest BCUT2D eigenvalue weighted by atomic mass is 9.81. The minimum atomic E-state index is -0.0434. The Balaban J connectivity index is 1.80. The Morgan fingerprint density at radius 1 is 0.815 bits per heavy atom. The second-order valence-corrected chi connectivity index (χ2v) is 11.6. The molecule has 0 amide bonds. The van der Waals surface area contributed by atoms with Crippen molar-refractivity contribution in [2.24, 2.45) is 5.41 Å². The van der Waals surface area contributed by atoms with Crippen molar-refractivity contribution in [2.45, 2.75) is 97.8 Å². The van der Waals surface area contributed by atoms with Crippen molar-refractivity contribution >= 4 is 0 Å². The predicted molar refractivity (Wildman–Crippen MR) is 114 cm³/mol. The summed E-state index contributed by atoms with van der Waals surface area (Å²) in [5.41, 5.74) is 0.505. The van der Waals surface area contributed by atoms with Crippen molar-refractivity contribution in [1.82, 2.24) is 9.80 Å². The third kappa shape index (κ3) is 7.64. The molecule has 0 radical (unpaired) electrons. The molecule has 0 aromatic rings. The summed E-state index contributed by atoms with van der Waals surface area (Å²) in [6.07, 6.45) is 5.06. The van der Waals surface area contributed by atoms with E-state index in [9.17, 15) is 0 Å². The molecule has 160 valence electrons. The van der Waals surface area contributed by atoms with E-state index in [0.717, 1.165) is 32.7 Å². The summed E-state index contributed by atoms with van der Waals surface area (Å²) in [5, 5.41) is 0.